The fourth-order valence-electron chi connectivity index (χ4n) is 4.84. The standard InChI is InChI=1S/C27H25ClF4N4O3S/c1-15-9-16(28)10-19(23(15)39-21-4-6-33-13-26(21,2)29)18-3-7-34-20-11-17(40-24(18)20)12-36-22(37)5-8-35(25(36)38)14-27(30,31)32/h3,5,7-11,21,33H,4,6,12-14H2,1-2H3/t21-,26-/m1/s1. The van der Waals surface area contributed by atoms with Crippen LogP contribution >= 0.6 is 22.9 Å². The number of nitrogens with zero attached hydrogens (tertiary/aromatic N) is 3. The van der Waals surface area contributed by atoms with Gasteiger partial charge in [-0.3, -0.25) is 18.9 Å². The fraction of sp³-hybridized carbons (Fsp3) is 0.370. The molecule has 5 rings (SSSR count). The van der Waals surface area contributed by atoms with Gasteiger partial charge in [0.15, 0.2) is 5.67 Å². The first-order valence-corrected chi connectivity index (χ1v) is 13.6. The van der Waals surface area contributed by atoms with E-state index in [0.29, 0.717) is 54.5 Å². The second-order valence-corrected chi connectivity index (χ2v) is 11.6. The number of aryl methyl sites for hydroxylation is 1. The number of nitrogens with one attached hydrogen (secondary N) is 1. The van der Waals surface area contributed by atoms with E-state index in [-0.39, 0.29) is 13.1 Å². The summed E-state index contributed by atoms with van der Waals surface area (Å²) in [6, 6.07) is 7.85. The summed E-state index contributed by atoms with van der Waals surface area (Å²) in [4.78, 5) is 30.0. The molecular formula is C27H25ClF4N4O3S. The number of benzene rings is 1. The normalized spacial score (nSPS) is 19.7. The summed E-state index contributed by atoms with van der Waals surface area (Å²) in [5.41, 5.74) is -0.764. The summed E-state index contributed by atoms with van der Waals surface area (Å²) in [7, 11) is 0. The highest BCUT2D eigenvalue weighted by atomic mass is 35.5. The molecule has 0 aliphatic carbocycles. The van der Waals surface area contributed by atoms with Crippen molar-refractivity contribution in [2.45, 2.75) is 51.3 Å². The van der Waals surface area contributed by atoms with Crippen LogP contribution in [0, 0.1) is 6.92 Å². The van der Waals surface area contributed by atoms with Crippen LogP contribution in [-0.2, 0) is 13.1 Å². The molecule has 0 amide bonds. The summed E-state index contributed by atoms with van der Waals surface area (Å²) >= 11 is 7.66. The molecule has 1 aliphatic heterocycles. The predicted octanol–water partition coefficient (Wildman–Crippen LogP) is 5.33. The molecule has 13 heteroatoms. The zero-order chi connectivity index (χ0) is 28.8. The first-order chi connectivity index (χ1) is 18.8. The van der Waals surface area contributed by atoms with Gasteiger partial charge in [0.05, 0.1) is 16.8 Å². The van der Waals surface area contributed by atoms with E-state index < -0.39 is 35.7 Å². The highest BCUT2D eigenvalue weighted by molar-refractivity contribution is 7.19. The number of hydrogen-bond donors (Lipinski definition) is 1. The van der Waals surface area contributed by atoms with Gasteiger partial charge in [-0.25, -0.2) is 9.18 Å². The Bertz CT molecular complexity index is 1700. The topological polar surface area (TPSA) is 78.2 Å². The Balaban J connectivity index is 1.56. The van der Waals surface area contributed by atoms with E-state index in [2.05, 4.69) is 10.3 Å². The quantitative estimate of drug-likeness (QED) is 0.305. The van der Waals surface area contributed by atoms with E-state index in [4.69, 9.17) is 16.3 Å². The van der Waals surface area contributed by atoms with E-state index in [1.54, 1.807) is 30.5 Å². The van der Waals surface area contributed by atoms with E-state index in [9.17, 15) is 22.8 Å². The van der Waals surface area contributed by atoms with Gasteiger partial charge in [-0.1, -0.05) is 11.6 Å². The lowest BCUT2D eigenvalue weighted by Crippen LogP contribution is -2.53. The molecule has 0 bridgehead atoms. The predicted molar refractivity (Wildman–Crippen MR) is 146 cm³/mol. The molecule has 0 saturated carbocycles. The maximum atomic E-state index is 15.3. The number of fused-ring (bicyclic) bond motifs is 1. The second-order valence-electron chi connectivity index (χ2n) is 10.0. The number of ether oxygens (including phenoxy) is 1. The van der Waals surface area contributed by atoms with E-state index in [1.807, 2.05) is 6.92 Å². The zero-order valence-electron chi connectivity index (χ0n) is 21.5. The lowest BCUT2D eigenvalue weighted by molar-refractivity contribution is -0.141. The first-order valence-electron chi connectivity index (χ1n) is 12.4. The summed E-state index contributed by atoms with van der Waals surface area (Å²) in [6.07, 6.45) is -2.41. The number of aromatic nitrogens is 3. The Labute approximate surface area is 235 Å². The third-order valence-corrected chi connectivity index (χ3v) is 8.14. The Morgan fingerprint density at radius 2 is 2.00 bits per heavy atom. The SMILES string of the molecule is Cc1cc(Cl)cc(-c2ccnc3cc(Cn4c(=O)ccn(CC(F)(F)F)c4=O)sc23)c1O[C@@H]1CCNC[C@@]1(C)F. The molecule has 212 valence electrons. The van der Waals surface area contributed by atoms with Crippen molar-refractivity contribution in [3.05, 3.63) is 79.0 Å². The van der Waals surface area contributed by atoms with Crippen molar-refractivity contribution in [1.82, 2.24) is 19.4 Å². The number of hydrogen-bond acceptors (Lipinski definition) is 6. The van der Waals surface area contributed by atoms with Gasteiger partial charge >= 0.3 is 11.9 Å². The molecule has 3 aromatic heterocycles. The van der Waals surface area contributed by atoms with Gasteiger partial charge in [0.1, 0.15) is 18.4 Å². The van der Waals surface area contributed by atoms with Crippen LogP contribution in [0.2, 0.25) is 5.02 Å². The maximum absolute atomic E-state index is 15.3. The monoisotopic (exact) mass is 596 g/mol. The molecule has 1 N–H and O–H groups in total. The first kappa shape index (κ1) is 28.3. The third kappa shape index (κ3) is 5.79. The number of piperidine rings is 1. The Hall–Kier alpha value is -3.22. The molecule has 2 atom stereocenters. The molecule has 0 spiro atoms. The average Bonchev–Trinajstić information content (AvgIpc) is 3.28. The summed E-state index contributed by atoms with van der Waals surface area (Å²) < 4.78 is 62.2. The molecular weight excluding hydrogens is 572 g/mol. The van der Waals surface area contributed by atoms with Gasteiger partial charge < -0.3 is 10.1 Å². The summed E-state index contributed by atoms with van der Waals surface area (Å²) in [5, 5.41) is 3.50. The number of thiophene rings is 1. The van der Waals surface area contributed by atoms with Crippen LogP contribution in [-0.4, -0.2) is 45.2 Å². The molecule has 1 aliphatic rings. The number of pyridine rings is 1. The van der Waals surface area contributed by atoms with Gasteiger partial charge in [-0.15, -0.1) is 11.3 Å². The van der Waals surface area contributed by atoms with Gasteiger partial charge in [0.2, 0.25) is 0 Å². The number of halogens is 5. The molecule has 4 heterocycles. The van der Waals surface area contributed by atoms with Gasteiger partial charge in [0.25, 0.3) is 5.56 Å². The third-order valence-electron chi connectivity index (χ3n) is 6.78. The minimum absolute atomic E-state index is 0.164. The van der Waals surface area contributed by atoms with Gasteiger partial charge in [0, 0.05) is 46.0 Å². The van der Waals surface area contributed by atoms with Crippen LogP contribution < -0.4 is 21.3 Å². The van der Waals surface area contributed by atoms with Crippen LogP contribution in [0.1, 0.15) is 23.8 Å². The molecule has 1 fully saturated rings. The Kier molecular flexibility index (Phi) is 7.53. The Morgan fingerprint density at radius 3 is 2.73 bits per heavy atom. The largest absolute Gasteiger partial charge is 0.486 e. The molecule has 4 aromatic rings. The summed E-state index contributed by atoms with van der Waals surface area (Å²) in [6.45, 7) is 2.37. The van der Waals surface area contributed by atoms with Gasteiger partial charge in [-0.05, 0) is 56.6 Å². The van der Waals surface area contributed by atoms with E-state index in [0.717, 1.165) is 22.4 Å². The lowest BCUT2D eigenvalue weighted by Gasteiger charge is -2.36. The van der Waals surface area contributed by atoms with Crippen molar-refractivity contribution >= 4 is 33.2 Å². The van der Waals surface area contributed by atoms with Crippen molar-refractivity contribution in [3.63, 3.8) is 0 Å². The minimum atomic E-state index is -4.62. The van der Waals surface area contributed by atoms with Crippen molar-refractivity contribution < 1.29 is 22.3 Å². The highest BCUT2D eigenvalue weighted by Gasteiger charge is 2.39. The average molecular weight is 597 g/mol. The molecule has 0 radical (unpaired) electrons. The van der Waals surface area contributed by atoms with Crippen LogP contribution in [0.4, 0.5) is 17.6 Å². The second kappa shape index (κ2) is 10.6. The smallest absolute Gasteiger partial charge is 0.406 e. The summed E-state index contributed by atoms with van der Waals surface area (Å²) in [5.74, 6) is 0.483. The van der Waals surface area contributed by atoms with Crippen LogP contribution in [0.5, 0.6) is 5.75 Å². The van der Waals surface area contributed by atoms with Crippen LogP contribution in [0.3, 0.4) is 0 Å². The van der Waals surface area contributed by atoms with Crippen LogP contribution in [0.15, 0.2) is 52.3 Å². The molecule has 1 saturated heterocycles. The fourth-order valence-corrected chi connectivity index (χ4v) is 6.24. The van der Waals surface area contributed by atoms with E-state index >= 15 is 4.39 Å². The molecule has 7 nitrogen and oxygen atoms in total. The lowest BCUT2D eigenvalue weighted by atomic mass is 9.94. The van der Waals surface area contributed by atoms with Crippen molar-refractivity contribution in [2.24, 2.45) is 0 Å². The minimum Gasteiger partial charge on any atom is -0.486 e. The highest BCUT2D eigenvalue weighted by Crippen LogP contribution is 2.42. The van der Waals surface area contributed by atoms with Crippen molar-refractivity contribution in [2.75, 3.05) is 13.1 Å². The van der Waals surface area contributed by atoms with Gasteiger partial charge in [-0.2, -0.15) is 13.2 Å². The molecule has 40 heavy (non-hydrogen) atoms. The van der Waals surface area contributed by atoms with Crippen LogP contribution in [0.25, 0.3) is 21.3 Å². The van der Waals surface area contributed by atoms with E-state index in [1.165, 1.54) is 18.3 Å². The van der Waals surface area contributed by atoms with Crippen molar-refractivity contribution in [1.29, 1.82) is 0 Å². The zero-order valence-corrected chi connectivity index (χ0v) is 23.1. The number of alkyl halides is 4. The van der Waals surface area contributed by atoms with Crippen molar-refractivity contribution in [3.8, 4) is 16.9 Å². The molecule has 0 unspecified atom stereocenters. The molecule has 1 aromatic carbocycles. The number of rotatable bonds is 6. The maximum Gasteiger partial charge on any atom is 0.406 e. The Morgan fingerprint density at radius 1 is 1.23 bits per heavy atom.